The molecule has 0 aliphatic carbocycles. The molecule has 0 saturated heterocycles. The molecule has 4 heteroatoms. The number of carbonyl (C=O) groups is 2. The lowest BCUT2D eigenvalue weighted by molar-refractivity contribution is -0.145. The van der Waals surface area contributed by atoms with Crippen molar-refractivity contribution in [2.45, 2.75) is 71.3 Å². The van der Waals surface area contributed by atoms with E-state index >= 15 is 0 Å². The number of rotatable bonds is 12. The van der Waals surface area contributed by atoms with Gasteiger partial charge in [0.25, 0.3) is 0 Å². The molecule has 2 unspecified atom stereocenters. The molecule has 0 rings (SSSR count). The Morgan fingerprint density at radius 3 is 2.30 bits per heavy atom. The maximum absolute atomic E-state index is 11.6. The van der Waals surface area contributed by atoms with E-state index in [-0.39, 0.29) is 11.8 Å². The van der Waals surface area contributed by atoms with Crippen LogP contribution in [0.25, 0.3) is 0 Å². The SMILES string of the molecule is CC=CC(=O)C(CCC(N)CCCCCCC)C(=O)O. The Morgan fingerprint density at radius 1 is 1.10 bits per heavy atom. The zero-order valence-electron chi connectivity index (χ0n) is 12.8. The molecule has 0 amide bonds. The maximum atomic E-state index is 11.6. The fourth-order valence-electron chi connectivity index (χ4n) is 2.20. The molecule has 0 aromatic rings. The minimum Gasteiger partial charge on any atom is -0.481 e. The van der Waals surface area contributed by atoms with Crippen molar-refractivity contribution in [2.24, 2.45) is 11.7 Å². The lowest BCUT2D eigenvalue weighted by atomic mass is 9.94. The topological polar surface area (TPSA) is 80.4 Å². The van der Waals surface area contributed by atoms with Gasteiger partial charge >= 0.3 is 5.97 Å². The molecule has 3 N–H and O–H groups in total. The molecule has 0 aliphatic rings. The Morgan fingerprint density at radius 2 is 1.75 bits per heavy atom. The van der Waals surface area contributed by atoms with Crippen molar-refractivity contribution >= 4 is 11.8 Å². The predicted molar refractivity (Wildman–Crippen MR) is 81.5 cm³/mol. The van der Waals surface area contributed by atoms with Gasteiger partial charge in [-0.05, 0) is 32.3 Å². The zero-order chi connectivity index (χ0) is 15.4. The molecule has 0 fully saturated rings. The van der Waals surface area contributed by atoms with Crippen molar-refractivity contribution in [1.82, 2.24) is 0 Å². The van der Waals surface area contributed by atoms with E-state index in [0.29, 0.717) is 12.8 Å². The highest BCUT2D eigenvalue weighted by molar-refractivity contribution is 6.04. The van der Waals surface area contributed by atoms with Gasteiger partial charge in [0.05, 0.1) is 0 Å². The van der Waals surface area contributed by atoms with E-state index < -0.39 is 11.9 Å². The van der Waals surface area contributed by atoms with Crippen LogP contribution in [0.3, 0.4) is 0 Å². The molecule has 0 aliphatic heterocycles. The van der Waals surface area contributed by atoms with E-state index in [9.17, 15) is 9.59 Å². The minimum absolute atomic E-state index is 0.00289. The first kappa shape index (κ1) is 18.8. The van der Waals surface area contributed by atoms with Crippen LogP contribution in [0.4, 0.5) is 0 Å². The van der Waals surface area contributed by atoms with Gasteiger partial charge in [0, 0.05) is 6.04 Å². The van der Waals surface area contributed by atoms with Crippen LogP contribution in [-0.4, -0.2) is 22.9 Å². The molecule has 0 saturated carbocycles. The summed E-state index contributed by atoms with van der Waals surface area (Å²) in [6, 6.07) is -0.00289. The van der Waals surface area contributed by atoms with E-state index in [4.69, 9.17) is 10.8 Å². The molecule has 0 heterocycles. The van der Waals surface area contributed by atoms with E-state index in [1.807, 2.05) is 0 Å². The highest BCUT2D eigenvalue weighted by atomic mass is 16.4. The van der Waals surface area contributed by atoms with E-state index in [0.717, 1.165) is 12.8 Å². The summed E-state index contributed by atoms with van der Waals surface area (Å²) in [6.07, 6.45) is 10.7. The third kappa shape index (κ3) is 8.86. The normalized spacial score (nSPS) is 14.3. The first-order valence-corrected chi connectivity index (χ1v) is 7.67. The Bertz CT molecular complexity index is 313. The van der Waals surface area contributed by atoms with Crippen LogP contribution in [0, 0.1) is 5.92 Å². The molecule has 0 radical (unpaired) electrons. The lowest BCUT2D eigenvalue weighted by Crippen LogP contribution is -2.27. The van der Waals surface area contributed by atoms with Crippen molar-refractivity contribution in [3.63, 3.8) is 0 Å². The molecule has 0 spiro atoms. The first-order valence-electron chi connectivity index (χ1n) is 7.67. The van der Waals surface area contributed by atoms with Crippen LogP contribution in [0.2, 0.25) is 0 Å². The van der Waals surface area contributed by atoms with Gasteiger partial charge in [-0.2, -0.15) is 0 Å². The molecule has 0 aromatic carbocycles. The quantitative estimate of drug-likeness (QED) is 0.327. The number of ketones is 1. The molecule has 4 nitrogen and oxygen atoms in total. The summed E-state index contributed by atoms with van der Waals surface area (Å²) in [5.41, 5.74) is 5.99. The third-order valence-corrected chi connectivity index (χ3v) is 3.48. The number of carboxylic acid groups (broad SMARTS) is 1. The summed E-state index contributed by atoms with van der Waals surface area (Å²) in [5.74, 6) is -2.34. The highest BCUT2D eigenvalue weighted by Crippen LogP contribution is 2.14. The fourth-order valence-corrected chi connectivity index (χ4v) is 2.20. The Balaban J connectivity index is 3.97. The second kappa shape index (κ2) is 11.6. The number of nitrogens with two attached hydrogens (primary N) is 1. The molecule has 20 heavy (non-hydrogen) atoms. The number of hydrogen-bond donors (Lipinski definition) is 2. The lowest BCUT2D eigenvalue weighted by Gasteiger charge is -2.14. The third-order valence-electron chi connectivity index (χ3n) is 3.48. The van der Waals surface area contributed by atoms with Crippen molar-refractivity contribution < 1.29 is 14.7 Å². The standard InChI is InChI=1S/C16H29NO3/c1-3-5-6-7-8-10-13(17)11-12-14(16(19)20)15(18)9-4-2/h4,9,13-14H,3,5-8,10-12,17H2,1-2H3,(H,19,20). The van der Waals surface area contributed by atoms with Crippen LogP contribution in [0.15, 0.2) is 12.2 Å². The second-order valence-corrected chi connectivity index (χ2v) is 5.33. The van der Waals surface area contributed by atoms with Crippen LogP contribution < -0.4 is 5.73 Å². The van der Waals surface area contributed by atoms with Crippen molar-refractivity contribution in [2.75, 3.05) is 0 Å². The summed E-state index contributed by atoms with van der Waals surface area (Å²) in [5, 5.41) is 9.06. The van der Waals surface area contributed by atoms with Gasteiger partial charge in [0.2, 0.25) is 0 Å². The van der Waals surface area contributed by atoms with Crippen LogP contribution in [0.5, 0.6) is 0 Å². The summed E-state index contributed by atoms with van der Waals surface area (Å²) in [4.78, 5) is 22.7. The summed E-state index contributed by atoms with van der Waals surface area (Å²) in [7, 11) is 0. The number of allylic oxidation sites excluding steroid dienone is 2. The first-order chi connectivity index (χ1) is 9.52. The number of carboxylic acids is 1. The van der Waals surface area contributed by atoms with Gasteiger partial charge in [0.1, 0.15) is 5.92 Å². The monoisotopic (exact) mass is 283 g/mol. The van der Waals surface area contributed by atoms with Gasteiger partial charge in [-0.1, -0.05) is 45.1 Å². The Hall–Kier alpha value is -1.16. The van der Waals surface area contributed by atoms with Crippen LogP contribution in [0.1, 0.15) is 65.2 Å². The number of carbonyl (C=O) groups excluding carboxylic acids is 1. The van der Waals surface area contributed by atoms with Gasteiger partial charge in [-0.25, -0.2) is 0 Å². The summed E-state index contributed by atoms with van der Waals surface area (Å²) < 4.78 is 0. The molecule has 0 bridgehead atoms. The molecule has 2 atom stereocenters. The Kier molecular flexibility index (Phi) is 11.0. The minimum atomic E-state index is -1.05. The number of aliphatic carboxylic acids is 1. The smallest absolute Gasteiger partial charge is 0.314 e. The highest BCUT2D eigenvalue weighted by Gasteiger charge is 2.24. The number of unbranched alkanes of at least 4 members (excludes halogenated alkanes) is 4. The van der Waals surface area contributed by atoms with E-state index in [2.05, 4.69) is 6.92 Å². The second-order valence-electron chi connectivity index (χ2n) is 5.33. The van der Waals surface area contributed by atoms with Crippen molar-refractivity contribution in [3.05, 3.63) is 12.2 Å². The molecular formula is C16H29NO3. The average Bonchev–Trinajstić information content (AvgIpc) is 2.38. The van der Waals surface area contributed by atoms with Crippen molar-refractivity contribution in [3.8, 4) is 0 Å². The van der Waals surface area contributed by atoms with Crippen LogP contribution >= 0.6 is 0 Å². The van der Waals surface area contributed by atoms with Gasteiger partial charge < -0.3 is 10.8 Å². The summed E-state index contributed by atoms with van der Waals surface area (Å²) in [6.45, 7) is 3.89. The average molecular weight is 283 g/mol. The van der Waals surface area contributed by atoms with E-state index in [1.165, 1.54) is 31.8 Å². The van der Waals surface area contributed by atoms with Gasteiger partial charge in [-0.15, -0.1) is 0 Å². The zero-order valence-corrected chi connectivity index (χ0v) is 12.8. The molecule has 0 aromatic heterocycles. The summed E-state index contributed by atoms with van der Waals surface area (Å²) >= 11 is 0. The van der Waals surface area contributed by atoms with E-state index in [1.54, 1.807) is 13.0 Å². The predicted octanol–water partition coefficient (Wildman–Crippen LogP) is 3.30. The largest absolute Gasteiger partial charge is 0.481 e. The van der Waals surface area contributed by atoms with Gasteiger partial charge in [0.15, 0.2) is 5.78 Å². The van der Waals surface area contributed by atoms with Crippen LogP contribution in [-0.2, 0) is 9.59 Å². The maximum Gasteiger partial charge on any atom is 0.314 e. The fraction of sp³-hybridized carbons (Fsp3) is 0.750. The number of hydrogen-bond acceptors (Lipinski definition) is 3. The molecule has 116 valence electrons. The Labute approximate surface area is 122 Å². The van der Waals surface area contributed by atoms with Crippen molar-refractivity contribution in [1.29, 1.82) is 0 Å². The molecular weight excluding hydrogens is 254 g/mol. The van der Waals surface area contributed by atoms with Gasteiger partial charge in [-0.3, -0.25) is 9.59 Å².